The average Bonchev–Trinajstić information content (AvgIpc) is 3.01. The van der Waals surface area contributed by atoms with Gasteiger partial charge in [0.25, 0.3) is 5.78 Å². The van der Waals surface area contributed by atoms with Gasteiger partial charge < -0.3 is 10.4 Å². The van der Waals surface area contributed by atoms with Crippen LogP contribution in [0, 0.1) is 12.3 Å². The lowest BCUT2D eigenvalue weighted by atomic mass is 10.1. The lowest BCUT2D eigenvalue weighted by molar-refractivity contribution is 0.219. The van der Waals surface area contributed by atoms with Crippen LogP contribution < -0.4 is 5.32 Å². The number of aliphatic hydroxyl groups is 1. The van der Waals surface area contributed by atoms with Crippen molar-refractivity contribution in [1.82, 2.24) is 19.6 Å². The van der Waals surface area contributed by atoms with Gasteiger partial charge in [-0.05, 0) is 19.8 Å². The van der Waals surface area contributed by atoms with Crippen molar-refractivity contribution in [1.29, 1.82) is 0 Å². The average molecular weight is 268 g/mol. The number of nitrogens with one attached hydrogen (secondary N) is 1. The summed E-state index contributed by atoms with van der Waals surface area (Å²) in [4.78, 5) is 8.17. The number of nitrogens with zero attached hydrogens (tertiary/aromatic N) is 4. The van der Waals surface area contributed by atoms with Crippen molar-refractivity contribution >= 4 is 23.2 Å². The smallest absolute Gasteiger partial charge is 0.255 e. The van der Waals surface area contributed by atoms with Crippen LogP contribution in [-0.4, -0.2) is 37.8 Å². The molecule has 6 nitrogen and oxygen atoms in total. The van der Waals surface area contributed by atoms with Crippen molar-refractivity contribution in [3.63, 3.8) is 0 Å². The van der Waals surface area contributed by atoms with Gasteiger partial charge in [-0.25, -0.2) is 0 Å². The monoisotopic (exact) mass is 267 g/mol. The van der Waals surface area contributed by atoms with E-state index in [1.807, 2.05) is 6.92 Å². The molecule has 2 aromatic rings. The molecule has 1 aliphatic rings. The summed E-state index contributed by atoms with van der Waals surface area (Å²) >= 11 is 6.07. The zero-order chi connectivity index (χ0) is 12.8. The molecule has 2 N–H and O–H groups in total. The fourth-order valence-corrected chi connectivity index (χ4v) is 2.11. The largest absolute Gasteiger partial charge is 0.396 e. The molecule has 0 radical (unpaired) electrons. The van der Waals surface area contributed by atoms with Gasteiger partial charge in [-0.3, -0.25) is 0 Å². The summed E-state index contributed by atoms with van der Waals surface area (Å²) < 4.78 is 1.63. The molecule has 0 atom stereocenters. The SMILES string of the molecule is Cc1c(Cl)nc2ncnn2c1NCC1(CO)CC1. The maximum absolute atomic E-state index is 9.32. The van der Waals surface area contributed by atoms with E-state index in [9.17, 15) is 5.11 Å². The number of aliphatic hydroxyl groups excluding tert-OH is 1. The highest BCUT2D eigenvalue weighted by Gasteiger charge is 2.41. The highest BCUT2D eigenvalue weighted by atomic mass is 35.5. The fourth-order valence-electron chi connectivity index (χ4n) is 1.94. The first kappa shape index (κ1) is 11.7. The molecule has 96 valence electrons. The van der Waals surface area contributed by atoms with Crippen molar-refractivity contribution in [2.45, 2.75) is 19.8 Å². The van der Waals surface area contributed by atoms with Crippen molar-refractivity contribution in [3.05, 3.63) is 17.0 Å². The minimum atomic E-state index is 0.0229. The number of hydrogen-bond acceptors (Lipinski definition) is 5. The van der Waals surface area contributed by atoms with Gasteiger partial charge >= 0.3 is 0 Å². The Kier molecular flexibility index (Phi) is 2.64. The minimum absolute atomic E-state index is 0.0229. The molecule has 2 aromatic heterocycles. The van der Waals surface area contributed by atoms with Gasteiger partial charge in [-0.2, -0.15) is 19.6 Å². The van der Waals surface area contributed by atoms with E-state index in [1.54, 1.807) is 4.52 Å². The maximum atomic E-state index is 9.32. The zero-order valence-electron chi connectivity index (χ0n) is 10.0. The zero-order valence-corrected chi connectivity index (χ0v) is 10.8. The van der Waals surface area contributed by atoms with Crippen molar-refractivity contribution in [2.75, 3.05) is 18.5 Å². The molecule has 0 aliphatic heterocycles. The number of halogens is 1. The molecule has 1 aliphatic carbocycles. The van der Waals surface area contributed by atoms with Crippen LogP contribution in [0.4, 0.5) is 5.82 Å². The van der Waals surface area contributed by atoms with E-state index in [0.717, 1.165) is 24.2 Å². The second-order valence-electron chi connectivity index (χ2n) is 4.86. The summed E-state index contributed by atoms with van der Waals surface area (Å²) in [5.74, 6) is 1.27. The Morgan fingerprint density at radius 1 is 1.56 bits per heavy atom. The van der Waals surface area contributed by atoms with Crippen LogP contribution in [0.25, 0.3) is 5.78 Å². The lowest BCUT2D eigenvalue weighted by Crippen LogP contribution is -2.21. The van der Waals surface area contributed by atoms with Gasteiger partial charge in [0.1, 0.15) is 17.3 Å². The van der Waals surface area contributed by atoms with Crippen molar-refractivity contribution in [3.8, 4) is 0 Å². The van der Waals surface area contributed by atoms with Gasteiger partial charge in [0.2, 0.25) is 0 Å². The number of fused-ring (bicyclic) bond motifs is 1. The molecule has 0 aromatic carbocycles. The van der Waals surface area contributed by atoms with E-state index >= 15 is 0 Å². The Hall–Kier alpha value is -1.40. The summed E-state index contributed by atoms with van der Waals surface area (Å²) in [6.45, 7) is 2.80. The Labute approximate surface area is 109 Å². The Morgan fingerprint density at radius 3 is 3.00 bits per heavy atom. The van der Waals surface area contributed by atoms with Crippen molar-refractivity contribution < 1.29 is 5.11 Å². The van der Waals surface area contributed by atoms with E-state index in [-0.39, 0.29) is 12.0 Å². The third-order valence-corrected chi connectivity index (χ3v) is 3.90. The summed E-state index contributed by atoms with van der Waals surface area (Å²) in [5.41, 5.74) is 0.859. The first-order valence-electron chi connectivity index (χ1n) is 5.86. The number of hydrogen-bond donors (Lipinski definition) is 2. The van der Waals surface area contributed by atoms with Crippen LogP contribution in [0.1, 0.15) is 18.4 Å². The molecule has 2 heterocycles. The Bertz CT molecular complexity index is 592. The van der Waals surface area contributed by atoms with Crippen LogP contribution in [0.5, 0.6) is 0 Å². The summed E-state index contributed by atoms with van der Waals surface area (Å²) in [7, 11) is 0. The predicted octanol–water partition coefficient (Wildman–Crippen LogP) is 1.27. The van der Waals surface area contributed by atoms with Crippen LogP contribution in [-0.2, 0) is 0 Å². The highest BCUT2D eigenvalue weighted by molar-refractivity contribution is 6.30. The van der Waals surface area contributed by atoms with Crippen LogP contribution >= 0.6 is 11.6 Å². The Balaban J connectivity index is 1.94. The molecule has 3 rings (SSSR count). The van der Waals surface area contributed by atoms with Crippen LogP contribution in [0.3, 0.4) is 0 Å². The first-order chi connectivity index (χ1) is 8.65. The third kappa shape index (κ3) is 1.81. The molecular formula is C11H14ClN5O. The van der Waals surface area contributed by atoms with E-state index in [2.05, 4.69) is 20.4 Å². The van der Waals surface area contributed by atoms with E-state index < -0.39 is 0 Å². The highest BCUT2D eigenvalue weighted by Crippen LogP contribution is 2.45. The summed E-state index contributed by atoms with van der Waals surface area (Å²) in [6.07, 6.45) is 3.55. The quantitative estimate of drug-likeness (QED) is 0.816. The molecule has 0 amide bonds. The first-order valence-corrected chi connectivity index (χ1v) is 6.24. The molecule has 1 fully saturated rings. The fraction of sp³-hybridized carbons (Fsp3) is 0.545. The van der Waals surface area contributed by atoms with Gasteiger partial charge in [0, 0.05) is 17.5 Å². The maximum Gasteiger partial charge on any atom is 0.255 e. The topological polar surface area (TPSA) is 75.3 Å². The number of anilines is 1. The standard InChI is InChI=1S/C11H14ClN5O/c1-7-8(12)16-10-14-6-15-17(10)9(7)13-4-11(5-18)2-3-11/h6,13,18H,2-5H2,1H3. The van der Waals surface area contributed by atoms with Gasteiger partial charge in [-0.1, -0.05) is 11.6 Å². The number of rotatable bonds is 4. The summed E-state index contributed by atoms with van der Waals surface area (Å²) in [5, 5.41) is 17.2. The minimum Gasteiger partial charge on any atom is -0.396 e. The molecule has 0 bridgehead atoms. The van der Waals surface area contributed by atoms with E-state index in [1.165, 1.54) is 6.33 Å². The molecule has 1 saturated carbocycles. The van der Waals surface area contributed by atoms with E-state index in [0.29, 0.717) is 17.5 Å². The molecule has 0 saturated heterocycles. The van der Waals surface area contributed by atoms with Crippen LogP contribution in [0.15, 0.2) is 6.33 Å². The van der Waals surface area contributed by atoms with Gasteiger partial charge in [0.15, 0.2) is 0 Å². The van der Waals surface area contributed by atoms with Gasteiger partial charge in [-0.15, -0.1) is 0 Å². The molecule has 18 heavy (non-hydrogen) atoms. The normalized spacial score (nSPS) is 17.1. The van der Waals surface area contributed by atoms with Gasteiger partial charge in [0.05, 0.1) is 6.61 Å². The van der Waals surface area contributed by atoms with Crippen LogP contribution in [0.2, 0.25) is 5.15 Å². The molecular weight excluding hydrogens is 254 g/mol. The third-order valence-electron chi connectivity index (χ3n) is 3.53. The lowest BCUT2D eigenvalue weighted by Gasteiger charge is -2.16. The Morgan fingerprint density at radius 2 is 2.33 bits per heavy atom. The summed E-state index contributed by atoms with van der Waals surface area (Å²) in [6, 6.07) is 0. The van der Waals surface area contributed by atoms with Crippen molar-refractivity contribution in [2.24, 2.45) is 5.41 Å². The number of aromatic nitrogens is 4. The predicted molar refractivity (Wildman–Crippen MR) is 67.8 cm³/mol. The molecule has 7 heteroatoms. The second-order valence-corrected chi connectivity index (χ2v) is 5.22. The van der Waals surface area contributed by atoms with E-state index in [4.69, 9.17) is 11.6 Å². The molecule has 0 spiro atoms. The second kappa shape index (κ2) is 4.07. The molecule has 0 unspecified atom stereocenters.